The normalized spacial score (nSPS) is 15.0. The minimum absolute atomic E-state index is 0.138. The highest BCUT2D eigenvalue weighted by Gasteiger charge is 2.25. The van der Waals surface area contributed by atoms with E-state index in [2.05, 4.69) is 49.5 Å². The largest absolute Gasteiger partial charge is 0.378 e. The number of ether oxygens (including phenoxy) is 3. The van der Waals surface area contributed by atoms with Crippen molar-refractivity contribution in [1.82, 2.24) is 9.55 Å². The maximum atomic E-state index is 14.2. The molecule has 1 fully saturated rings. The molecule has 3 heterocycles. The molecule has 1 unspecified atom stereocenters. The molecule has 1 aliphatic heterocycles. The molecule has 0 spiro atoms. The van der Waals surface area contributed by atoms with Crippen LogP contribution in [0, 0.1) is 5.82 Å². The van der Waals surface area contributed by atoms with Gasteiger partial charge in [-0.1, -0.05) is 62.5 Å². The summed E-state index contributed by atoms with van der Waals surface area (Å²) in [4.78, 5) is 21.5. The molecule has 8 nitrogen and oxygen atoms in total. The molecule has 2 aromatic heterocycles. The summed E-state index contributed by atoms with van der Waals surface area (Å²) in [5.41, 5.74) is 1.87. The lowest BCUT2D eigenvalue weighted by Crippen LogP contribution is -2.36. The molecule has 0 radical (unpaired) electrons. The number of nitrogens with one attached hydrogen (secondary N) is 1. The number of aromatic nitrogens is 2. The number of nitrogens with zero attached hydrogens (tertiary/aromatic N) is 3. The Morgan fingerprint density at radius 3 is 2.28 bits per heavy atom. The summed E-state index contributed by atoms with van der Waals surface area (Å²) < 4.78 is 33.8. The van der Waals surface area contributed by atoms with E-state index in [1.807, 2.05) is 24.3 Å². The van der Waals surface area contributed by atoms with Gasteiger partial charge >= 0.3 is 0 Å². The second-order valence-corrected chi connectivity index (χ2v) is 26.5. The Morgan fingerprint density at radius 1 is 0.957 bits per heavy atom. The van der Waals surface area contributed by atoms with E-state index in [0.717, 1.165) is 36.3 Å². The number of pyridine rings is 2. The van der Waals surface area contributed by atoms with Gasteiger partial charge in [-0.2, -0.15) is 0 Å². The molecule has 2 aromatic carbocycles. The third-order valence-electron chi connectivity index (χ3n) is 8.22. The lowest BCUT2D eigenvalue weighted by atomic mass is 10.1. The van der Waals surface area contributed by atoms with E-state index in [9.17, 15) is 9.18 Å². The Labute approximate surface area is 288 Å². The van der Waals surface area contributed by atoms with E-state index >= 15 is 0 Å². The van der Waals surface area contributed by atoms with Crippen molar-refractivity contribution in [3.8, 4) is 0 Å². The number of benzene rings is 2. The van der Waals surface area contributed by atoms with Gasteiger partial charge in [0.15, 0.2) is 6.23 Å². The second-order valence-electron chi connectivity index (χ2n) is 14.5. The topological polar surface area (TPSA) is 77.8 Å². The van der Waals surface area contributed by atoms with Gasteiger partial charge in [-0.15, -0.1) is 0 Å². The lowest BCUT2D eigenvalue weighted by Gasteiger charge is -2.29. The van der Waals surface area contributed by atoms with Crippen LogP contribution in [0.15, 0.2) is 47.4 Å². The minimum atomic E-state index is -1.45. The third kappa shape index (κ3) is 9.14. The Bertz CT molecular complexity index is 1770. The van der Waals surface area contributed by atoms with Crippen LogP contribution in [0.4, 0.5) is 15.9 Å². The average Bonchev–Trinajstić information content (AvgIpc) is 2.98. The fraction of sp³-hybridized carbons (Fsp3) is 0.471. The van der Waals surface area contributed by atoms with Crippen LogP contribution in [0.1, 0.15) is 11.8 Å². The van der Waals surface area contributed by atoms with E-state index in [-0.39, 0.29) is 22.3 Å². The first-order valence-corrected chi connectivity index (χ1v) is 24.3. The number of anilines is 2. The lowest BCUT2D eigenvalue weighted by molar-refractivity contribution is 0.0821. The molecule has 4 aromatic rings. The van der Waals surface area contributed by atoms with Crippen molar-refractivity contribution >= 4 is 72.5 Å². The zero-order valence-corrected chi connectivity index (χ0v) is 31.6. The number of fused-ring (bicyclic) bond motifs is 3. The van der Waals surface area contributed by atoms with E-state index in [1.54, 1.807) is 10.8 Å². The fourth-order valence-corrected chi connectivity index (χ4v) is 7.56. The fourth-order valence-electron chi connectivity index (χ4n) is 5.41. The maximum Gasteiger partial charge on any atom is 0.261 e. The Balaban J connectivity index is 1.61. The van der Waals surface area contributed by atoms with Gasteiger partial charge in [-0.25, -0.2) is 9.37 Å². The van der Waals surface area contributed by atoms with Crippen molar-refractivity contribution in [2.45, 2.75) is 64.3 Å². The molecule has 13 heteroatoms. The smallest absolute Gasteiger partial charge is 0.261 e. The van der Waals surface area contributed by atoms with Gasteiger partial charge in [0, 0.05) is 70.7 Å². The SMILES string of the molecule is C[Si](C)(C)CCOCn1ccc2c(NC(OCC[Si](C)(C)C)c3c(Cl)cc(F)cc3Cl)nc3ccc(N4CCOCC4)cc3c2c1=O. The zero-order chi connectivity index (χ0) is 33.9. The molecule has 47 heavy (non-hydrogen) atoms. The zero-order valence-electron chi connectivity index (χ0n) is 28.1. The summed E-state index contributed by atoms with van der Waals surface area (Å²) in [5.74, 6) is -0.104. The molecule has 1 N–H and O–H groups in total. The quantitative estimate of drug-likeness (QED) is 0.0642. The first-order valence-electron chi connectivity index (χ1n) is 16.1. The first-order chi connectivity index (χ1) is 22.2. The third-order valence-corrected chi connectivity index (χ3v) is 12.2. The number of halogens is 3. The van der Waals surface area contributed by atoms with Crippen molar-refractivity contribution in [2.75, 3.05) is 49.7 Å². The van der Waals surface area contributed by atoms with Gasteiger partial charge in [0.1, 0.15) is 18.4 Å². The van der Waals surface area contributed by atoms with Gasteiger partial charge in [-0.05, 0) is 48.5 Å². The summed E-state index contributed by atoms with van der Waals surface area (Å²) in [6.07, 6.45) is 0.892. The second kappa shape index (κ2) is 14.9. The number of hydrogen-bond donors (Lipinski definition) is 1. The molecule has 5 rings (SSSR count). The van der Waals surface area contributed by atoms with Crippen LogP contribution < -0.4 is 15.8 Å². The molecule has 1 saturated heterocycles. The number of morpholine rings is 1. The highest BCUT2D eigenvalue weighted by Crippen LogP contribution is 2.37. The molecule has 1 atom stereocenters. The molecule has 0 bridgehead atoms. The summed E-state index contributed by atoms with van der Waals surface area (Å²) in [5, 5.41) is 5.55. The van der Waals surface area contributed by atoms with Crippen molar-refractivity contribution in [3.63, 3.8) is 0 Å². The van der Waals surface area contributed by atoms with Gasteiger partial charge in [-0.3, -0.25) is 9.36 Å². The van der Waals surface area contributed by atoms with Crippen molar-refractivity contribution < 1.29 is 18.6 Å². The van der Waals surface area contributed by atoms with Crippen LogP contribution in [0.5, 0.6) is 0 Å². The molecular weight excluding hydrogens is 674 g/mol. The Morgan fingerprint density at radius 2 is 1.62 bits per heavy atom. The number of rotatable bonds is 13. The molecule has 0 saturated carbocycles. The monoisotopic (exact) mass is 718 g/mol. The van der Waals surface area contributed by atoms with E-state index in [0.29, 0.717) is 54.1 Å². The van der Waals surface area contributed by atoms with Crippen LogP contribution in [0.3, 0.4) is 0 Å². The van der Waals surface area contributed by atoms with Gasteiger partial charge in [0.05, 0.1) is 34.2 Å². The Hall–Kier alpha value is -2.52. The van der Waals surface area contributed by atoms with Crippen molar-refractivity contribution in [1.29, 1.82) is 0 Å². The number of hydrogen-bond acceptors (Lipinski definition) is 7. The maximum absolute atomic E-state index is 14.2. The van der Waals surface area contributed by atoms with Crippen LogP contribution in [0.25, 0.3) is 21.7 Å². The predicted molar refractivity (Wildman–Crippen MR) is 198 cm³/mol. The standard InChI is InChI=1S/C34H45Cl2FN4O4Si2/c1-46(2,3)17-15-44-22-41-10-9-25-30(34(41)42)26-21-24(40-11-13-43-14-12-40)7-8-29(26)38-32(25)39-33(45-16-18-47(4,5)6)31-27(35)19-23(37)20-28(31)36/h7-10,19-21,33H,11-18,22H2,1-6H3,(H,38,39). The summed E-state index contributed by atoms with van der Waals surface area (Å²) in [7, 11) is -2.74. The highest BCUT2D eigenvalue weighted by atomic mass is 35.5. The van der Waals surface area contributed by atoms with Crippen molar-refractivity contribution in [2.24, 2.45) is 0 Å². The predicted octanol–water partition coefficient (Wildman–Crippen LogP) is 8.61. The van der Waals surface area contributed by atoms with Gasteiger partial charge < -0.3 is 24.4 Å². The Kier molecular flexibility index (Phi) is 11.4. The van der Waals surface area contributed by atoms with Crippen LogP contribution in [0.2, 0.25) is 61.4 Å². The molecule has 0 amide bonds. The van der Waals surface area contributed by atoms with E-state index in [1.165, 1.54) is 12.1 Å². The molecular formula is C34H45Cl2FN4O4Si2. The van der Waals surface area contributed by atoms with Crippen LogP contribution in [-0.4, -0.2) is 65.2 Å². The first kappa shape index (κ1) is 35.8. The van der Waals surface area contributed by atoms with Crippen molar-refractivity contribution in [3.05, 3.63) is 74.4 Å². The molecule has 0 aliphatic carbocycles. The van der Waals surface area contributed by atoms with E-state index < -0.39 is 28.2 Å². The van der Waals surface area contributed by atoms with Crippen LogP contribution >= 0.6 is 23.2 Å². The average molecular weight is 720 g/mol. The summed E-state index contributed by atoms with van der Waals surface area (Å²) >= 11 is 13.1. The van der Waals surface area contributed by atoms with Crippen LogP contribution in [-0.2, 0) is 20.9 Å². The van der Waals surface area contributed by atoms with Gasteiger partial charge in [0.2, 0.25) is 0 Å². The molecule has 1 aliphatic rings. The summed E-state index contributed by atoms with van der Waals surface area (Å²) in [6, 6.07) is 12.2. The minimum Gasteiger partial charge on any atom is -0.378 e. The van der Waals surface area contributed by atoms with E-state index in [4.69, 9.17) is 42.4 Å². The summed E-state index contributed by atoms with van der Waals surface area (Å²) in [6.45, 7) is 17.7. The molecule has 254 valence electrons. The highest BCUT2D eigenvalue weighted by molar-refractivity contribution is 6.76. The van der Waals surface area contributed by atoms with Gasteiger partial charge in [0.25, 0.3) is 5.56 Å².